The van der Waals surface area contributed by atoms with Gasteiger partial charge in [-0.25, -0.2) is 17.8 Å². The number of hydrogen-bond donors (Lipinski definition) is 2. The summed E-state index contributed by atoms with van der Waals surface area (Å²) in [5.41, 5.74) is 1.13. The van der Waals surface area contributed by atoms with E-state index in [4.69, 9.17) is 4.74 Å². The summed E-state index contributed by atoms with van der Waals surface area (Å²) in [5.74, 6) is -0.554. The van der Waals surface area contributed by atoms with Gasteiger partial charge in [0.2, 0.25) is 15.9 Å². The molecule has 10 nitrogen and oxygen atoms in total. The van der Waals surface area contributed by atoms with Crippen LogP contribution in [0.5, 0.6) is 5.88 Å². The molecule has 0 saturated carbocycles. The van der Waals surface area contributed by atoms with Gasteiger partial charge in [0.05, 0.1) is 29.5 Å². The Balaban J connectivity index is 1.72. The molecule has 0 spiro atoms. The normalized spacial score (nSPS) is 15.0. The summed E-state index contributed by atoms with van der Waals surface area (Å²) >= 11 is 3.44. The van der Waals surface area contributed by atoms with E-state index in [0.717, 1.165) is 20.8 Å². The molecule has 1 aromatic heterocycles. The first-order chi connectivity index (χ1) is 17.0. The fourth-order valence-corrected chi connectivity index (χ4v) is 5.84. The maximum atomic E-state index is 12.9. The highest BCUT2D eigenvalue weighted by Crippen LogP contribution is 2.27. The molecule has 2 heterocycles. The molecular weight excluding hydrogens is 552 g/mol. The molecule has 0 atom stereocenters. The quantitative estimate of drug-likeness (QED) is 0.448. The Labute approximate surface area is 216 Å². The van der Waals surface area contributed by atoms with Gasteiger partial charge in [0.1, 0.15) is 5.56 Å². The van der Waals surface area contributed by atoms with Crippen molar-refractivity contribution in [2.75, 3.05) is 26.3 Å². The molecule has 0 aliphatic carbocycles. The van der Waals surface area contributed by atoms with Crippen LogP contribution in [-0.2, 0) is 14.8 Å². The van der Waals surface area contributed by atoms with Crippen LogP contribution in [0.4, 0.5) is 5.69 Å². The number of aromatic hydroxyl groups is 1. The monoisotopic (exact) mass is 576 g/mol. The third-order valence-electron chi connectivity index (χ3n) is 5.95. The van der Waals surface area contributed by atoms with Crippen LogP contribution in [0.15, 0.2) is 54.3 Å². The first-order valence-electron chi connectivity index (χ1n) is 11.1. The summed E-state index contributed by atoms with van der Waals surface area (Å²) in [6, 6.07) is 8.02. The molecule has 36 heavy (non-hydrogen) atoms. The van der Waals surface area contributed by atoms with Crippen molar-refractivity contribution in [3.05, 3.63) is 77.9 Å². The van der Waals surface area contributed by atoms with Crippen LogP contribution in [0.2, 0.25) is 0 Å². The lowest BCUT2D eigenvalue weighted by Gasteiger charge is -2.26. The van der Waals surface area contributed by atoms with Crippen molar-refractivity contribution in [2.45, 2.75) is 25.7 Å². The summed E-state index contributed by atoms with van der Waals surface area (Å²) in [6.45, 7) is 6.59. The van der Waals surface area contributed by atoms with Gasteiger partial charge in [-0.05, 0) is 67.8 Å². The second-order valence-electron chi connectivity index (χ2n) is 8.44. The maximum Gasteiger partial charge on any atom is 0.335 e. The van der Waals surface area contributed by atoms with Crippen LogP contribution in [0.25, 0.3) is 5.69 Å². The van der Waals surface area contributed by atoms with Gasteiger partial charge in [-0.3, -0.25) is 14.8 Å². The zero-order valence-electron chi connectivity index (χ0n) is 19.9. The second-order valence-corrected chi connectivity index (χ2v) is 11.2. The van der Waals surface area contributed by atoms with E-state index in [0.29, 0.717) is 35.7 Å². The van der Waals surface area contributed by atoms with E-state index >= 15 is 0 Å². The molecular formula is C24H25BrN4O6S. The van der Waals surface area contributed by atoms with Crippen molar-refractivity contribution in [1.29, 1.82) is 0 Å². The molecule has 1 aliphatic rings. The zero-order valence-corrected chi connectivity index (χ0v) is 22.3. The number of nitrogens with one attached hydrogen (secondary N) is 1. The van der Waals surface area contributed by atoms with Crippen molar-refractivity contribution in [3.8, 4) is 11.6 Å². The number of halogens is 1. The third-order valence-corrected chi connectivity index (χ3v) is 8.70. The lowest BCUT2D eigenvalue weighted by Crippen LogP contribution is -2.40. The molecule has 0 bridgehead atoms. The van der Waals surface area contributed by atoms with Crippen molar-refractivity contribution >= 4 is 37.9 Å². The largest absolute Gasteiger partial charge is 0.493 e. The van der Waals surface area contributed by atoms with Crippen LogP contribution < -0.4 is 11.2 Å². The standard InChI is InChI=1S/C24H25BrN4O6S/c1-14-12-21(16(3)11-19(14)25)29-23(31)18(22(30)27-24(29)32)13-26-20-5-4-17(10-15(20)2)36(33,34)28-6-8-35-9-7-28/h4-5,10-13,31H,6-9H2,1-3H3,(H,27,30,32). The molecule has 2 N–H and O–H groups in total. The number of sulfonamides is 1. The summed E-state index contributed by atoms with van der Waals surface area (Å²) in [7, 11) is -3.67. The Morgan fingerprint density at radius 3 is 2.42 bits per heavy atom. The molecule has 190 valence electrons. The smallest absolute Gasteiger partial charge is 0.335 e. The lowest BCUT2D eigenvalue weighted by atomic mass is 10.1. The van der Waals surface area contributed by atoms with Gasteiger partial charge >= 0.3 is 5.69 Å². The Hall–Kier alpha value is -3.06. The highest BCUT2D eigenvalue weighted by atomic mass is 79.9. The Kier molecular flexibility index (Phi) is 7.32. The third kappa shape index (κ3) is 4.94. The minimum Gasteiger partial charge on any atom is -0.493 e. The highest BCUT2D eigenvalue weighted by Gasteiger charge is 2.26. The van der Waals surface area contributed by atoms with Crippen LogP contribution in [-0.4, -0.2) is 59.9 Å². The van der Waals surface area contributed by atoms with Gasteiger partial charge in [0.25, 0.3) is 5.56 Å². The van der Waals surface area contributed by atoms with Crippen LogP contribution in [0, 0.1) is 20.8 Å². The molecule has 2 aromatic carbocycles. The number of hydrogen-bond acceptors (Lipinski definition) is 7. The van der Waals surface area contributed by atoms with E-state index in [1.165, 1.54) is 22.5 Å². The molecule has 3 aromatic rings. The van der Waals surface area contributed by atoms with Gasteiger partial charge in [-0.1, -0.05) is 15.9 Å². The van der Waals surface area contributed by atoms with Crippen LogP contribution in [0.3, 0.4) is 0 Å². The van der Waals surface area contributed by atoms with E-state index in [9.17, 15) is 23.1 Å². The van der Waals surface area contributed by atoms with Crippen molar-refractivity contribution in [3.63, 3.8) is 0 Å². The topological polar surface area (TPSA) is 134 Å². The average molecular weight is 577 g/mol. The summed E-state index contributed by atoms with van der Waals surface area (Å²) < 4.78 is 34.3. The number of morpholine rings is 1. The van der Waals surface area contributed by atoms with Gasteiger partial charge in [0.15, 0.2) is 0 Å². The fraction of sp³-hybridized carbons (Fsp3) is 0.292. The maximum absolute atomic E-state index is 12.9. The highest BCUT2D eigenvalue weighted by molar-refractivity contribution is 9.10. The van der Waals surface area contributed by atoms with E-state index in [1.54, 1.807) is 19.9 Å². The minimum atomic E-state index is -3.67. The number of H-pyrrole nitrogens is 1. The number of aliphatic imine (C=N–C) groups is 1. The molecule has 4 rings (SSSR count). The SMILES string of the molecule is Cc1cc(-n2c(O)c(C=Nc3ccc(S(=O)(=O)N4CCOCC4)cc3C)c(=O)[nH]c2=O)c(C)cc1Br. The van der Waals surface area contributed by atoms with Crippen molar-refractivity contribution in [2.24, 2.45) is 4.99 Å². The van der Waals surface area contributed by atoms with Crippen LogP contribution in [0.1, 0.15) is 22.3 Å². The fourth-order valence-electron chi connectivity index (χ4n) is 3.89. The molecule has 1 aliphatic heterocycles. The number of rotatable bonds is 5. The first-order valence-corrected chi connectivity index (χ1v) is 13.3. The van der Waals surface area contributed by atoms with Crippen molar-refractivity contribution < 1.29 is 18.3 Å². The van der Waals surface area contributed by atoms with Crippen LogP contribution >= 0.6 is 15.9 Å². The van der Waals surface area contributed by atoms with E-state index in [2.05, 4.69) is 25.9 Å². The number of aryl methyl sites for hydroxylation is 3. The summed E-state index contributed by atoms with van der Waals surface area (Å²) in [5, 5.41) is 10.9. The predicted octanol–water partition coefficient (Wildman–Crippen LogP) is 2.69. The number of benzene rings is 2. The summed E-state index contributed by atoms with van der Waals surface area (Å²) in [4.78, 5) is 31.7. The number of ether oxygens (including phenoxy) is 1. The zero-order chi connectivity index (χ0) is 26.2. The molecule has 12 heteroatoms. The average Bonchev–Trinajstić information content (AvgIpc) is 2.83. The Morgan fingerprint density at radius 1 is 1.06 bits per heavy atom. The molecule has 1 fully saturated rings. The molecule has 0 radical (unpaired) electrons. The van der Waals surface area contributed by atoms with E-state index < -0.39 is 27.2 Å². The second kappa shape index (κ2) is 10.1. The minimum absolute atomic E-state index is 0.135. The van der Waals surface area contributed by atoms with Gasteiger partial charge in [0, 0.05) is 23.8 Å². The Bertz CT molecular complexity index is 1590. The number of aromatic amines is 1. The van der Waals surface area contributed by atoms with Gasteiger partial charge in [-0.15, -0.1) is 0 Å². The molecule has 1 saturated heterocycles. The first kappa shape index (κ1) is 26.0. The number of nitrogens with zero attached hydrogens (tertiary/aromatic N) is 3. The number of aromatic nitrogens is 2. The van der Waals surface area contributed by atoms with E-state index in [1.807, 2.05) is 13.0 Å². The molecule has 0 amide bonds. The summed E-state index contributed by atoms with van der Waals surface area (Å²) in [6.07, 6.45) is 1.16. The van der Waals surface area contributed by atoms with E-state index in [-0.39, 0.29) is 23.5 Å². The van der Waals surface area contributed by atoms with Gasteiger partial charge in [-0.2, -0.15) is 4.31 Å². The van der Waals surface area contributed by atoms with Gasteiger partial charge < -0.3 is 9.84 Å². The predicted molar refractivity (Wildman–Crippen MR) is 140 cm³/mol. The lowest BCUT2D eigenvalue weighted by molar-refractivity contribution is 0.0730. The molecule has 0 unspecified atom stereocenters. The van der Waals surface area contributed by atoms with Crippen molar-refractivity contribution in [1.82, 2.24) is 13.9 Å². The Morgan fingerprint density at radius 2 is 1.75 bits per heavy atom.